The second kappa shape index (κ2) is 9.87. The molecule has 0 bridgehead atoms. The van der Waals surface area contributed by atoms with Crippen LogP contribution in [0, 0.1) is 0 Å². The van der Waals surface area contributed by atoms with Gasteiger partial charge in [-0.15, -0.1) is 0 Å². The molecule has 1 atom stereocenters. The highest BCUT2D eigenvalue weighted by atomic mass is 35.5. The largest absolute Gasteiger partial charge is 0.462 e. The van der Waals surface area contributed by atoms with Crippen LogP contribution in [0.3, 0.4) is 0 Å². The van der Waals surface area contributed by atoms with Crippen molar-refractivity contribution in [3.63, 3.8) is 0 Å². The third-order valence-electron chi connectivity index (χ3n) is 5.30. The van der Waals surface area contributed by atoms with E-state index in [9.17, 15) is 14.4 Å². The molecule has 0 radical (unpaired) electrons. The number of halogens is 1. The third kappa shape index (κ3) is 5.06. The number of amides is 2. The van der Waals surface area contributed by atoms with E-state index in [1.54, 1.807) is 42.6 Å². The number of hydrogen-bond acceptors (Lipinski definition) is 5. The second-order valence-electron chi connectivity index (χ2n) is 7.68. The van der Waals surface area contributed by atoms with Crippen LogP contribution in [0.25, 0.3) is 11.1 Å². The zero-order valence-electron chi connectivity index (χ0n) is 18.0. The van der Waals surface area contributed by atoms with Gasteiger partial charge in [0, 0.05) is 16.3 Å². The molecule has 1 aliphatic heterocycles. The van der Waals surface area contributed by atoms with E-state index in [-0.39, 0.29) is 18.2 Å². The van der Waals surface area contributed by atoms with Crippen molar-refractivity contribution < 1.29 is 19.1 Å². The molecule has 4 rings (SSSR count). The third-order valence-corrected chi connectivity index (χ3v) is 5.56. The van der Waals surface area contributed by atoms with Crippen molar-refractivity contribution in [1.82, 2.24) is 9.78 Å². The van der Waals surface area contributed by atoms with Gasteiger partial charge in [0.25, 0.3) is 5.91 Å². The molecule has 170 valence electrons. The predicted molar refractivity (Wildman–Crippen MR) is 125 cm³/mol. The summed E-state index contributed by atoms with van der Waals surface area (Å²) in [5, 5.41) is 10.5. The molecule has 3 aromatic rings. The summed E-state index contributed by atoms with van der Waals surface area (Å²) in [5.74, 6) is -0.490. The summed E-state index contributed by atoms with van der Waals surface area (Å²) in [6, 6.07) is 12.9. The van der Waals surface area contributed by atoms with Crippen molar-refractivity contribution in [2.75, 3.05) is 17.2 Å². The SMILES string of the molecule is CCCCOC(=O)c1ccc(NC(=O)CC2C(=O)Nc3c(-c4ccc(Cl)cc4)cnn32)cc1. The summed E-state index contributed by atoms with van der Waals surface area (Å²) < 4.78 is 6.71. The first-order valence-corrected chi connectivity index (χ1v) is 11.1. The Morgan fingerprint density at radius 3 is 2.58 bits per heavy atom. The molecule has 2 amide bonds. The number of carbonyl (C=O) groups is 3. The minimum absolute atomic E-state index is 0.0820. The molecule has 8 nitrogen and oxygen atoms in total. The molecule has 9 heteroatoms. The Labute approximate surface area is 195 Å². The van der Waals surface area contributed by atoms with E-state index < -0.39 is 12.0 Å². The quantitative estimate of drug-likeness (QED) is 0.370. The molecule has 33 heavy (non-hydrogen) atoms. The van der Waals surface area contributed by atoms with Crippen molar-refractivity contribution in [3.8, 4) is 11.1 Å². The van der Waals surface area contributed by atoms with Gasteiger partial charge in [-0.1, -0.05) is 37.1 Å². The highest BCUT2D eigenvalue weighted by Gasteiger charge is 2.35. The molecule has 0 spiro atoms. The Morgan fingerprint density at radius 1 is 1.15 bits per heavy atom. The first-order valence-electron chi connectivity index (χ1n) is 10.7. The average Bonchev–Trinajstić information content (AvgIpc) is 3.34. The van der Waals surface area contributed by atoms with Gasteiger partial charge in [-0.25, -0.2) is 9.48 Å². The minimum atomic E-state index is -0.756. The van der Waals surface area contributed by atoms with Crippen LogP contribution in [-0.2, 0) is 14.3 Å². The van der Waals surface area contributed by atoms with Crippen molar-refractivity contribution in [2.24, 2.45) is 0 Å². The van der Waals surface area contributed by atoms with Crippen molar-refractivity contribution in [1.29, 1.82) is 0 Å². The molecule has 2 aromatic carbocycles. The molecule has 1 aromatic heterocycles. The summed E-state index contributed by atoms with van der Waals surface area (Å²) in [5.41, 5.74) is 2.55. The molecule has 1 unspecified atom stereocenters. The molecule has 0 aliphatic carbocycles. The van der Waals surface area contributed by atoms with Crippen LogP contribution in [0.5, 0.6) is 0 Å². The van der Waals surface area contributed by atoms with Crippen molar-refractivity contribution in [3.05, 3.63) is 65.3 Å². The predicted octanol–water partition coefficient (Wildman–Crippen LogP) is 4.68. The van der Waals surface area contributed by atoms with Crippen molar-refractivity contribution in [2.45, 2.75) is 32.2 Å². The second-order valence-corrected chi connectivity index (χ2v) is 8.12. The maximum absolute atomic E-state index is 12.6. The fraction of sp³-hybridized carbons (Fsp3) is 0.250. The molecule has 0 saturated heterocycles. The molecule has 0 fully saturated rings. The number of aromatic nitrogens is 2. The Hall–Kier alpha value is -3.65. The zero-order valence-corrected chi connectivity index (χ0v) is 18.8. The molecule has 1 aliphatic rings. The Kier molecular flexibility index (Phi) is 6.74. The average molecular weight is 467 g/mol. The lowest BCUT2D eigenvalue weighted by Crippen LogP contribution is -2.23. The topological polar surface area (TPSA) is 102 Å². The van der Waals surface area contributed by atoms with Crippen molar-refractivity contribution >= 4 is 40.9 Å². The molecule has 2 N–H and O–H groups in total. The lowest BCUT2D eigenvalue weighted by Gasteiger charge is -2.10. The van der Waals surface area contributed by atoms with Crippen LogP contribution in [0.1, 0.15) is 42.6 Å². The van der Waals surface area contributed by atoms with Crippen LogP contribution in [-0.4, -0.2) is 34.2 Å². The van der Waals surface area contributed by atoms with E-state index in [2.05, 4.69) is 15.7 Å². The monoisotopic (exact) mass is 466 g/mol. The number of hydrogen-bond donors (Lipinski definition) is 2. The molecular weight excluding hydrogens is 444 g/mol. The van der Waals surface area contributed by atoms with Gasteiger partial charge in [0.05, 0.1) is 24.8 Å². The number of carbonyl (C=O) groups excluding carboxylic acids is 3. The normalized spacial score (nSPS) is 14.5. The van der Waals surface area contributed by atoms with Gasteiger partial charge in [0.1, 0.15) is 11.9 Å². The standard InChI is InChI=1S/C24H23ClN4O4/c1-2-3-12-33-24(32)16-6-10-18(11-7-16)27-21(30)13-20-23(31)28-22-19(14-26-29(20)22)15-4-8-17(25)9-5-15/h4-11,14,20H,2-3,12-13H2,1H3,(H,27,30)(H,28,31). The molecule has 0 saturated carbocycles. The lowest BCUT2D eigenvalue weighted by atomic mass is 10.1. The van der Waals surface area contributed by atoms with Crippen LogP contribution >= 0.6 is 11.6 Å². The zero-order chi connectivity index (χ0) is 23.4. The van der Waals surface area contributed by atoms with Crippen LogP contribution in [0.15, 0.2) is 54.7 Å². The highest BCUT2D eigenvalue weighted by molar-refractivity contribution is 6.30. The van der Waals surface area contributed by atoms with E-state index in [1.807, 2.05) is 19.1 Å². The number of ether oxygens (including phenoxy) is 1. The number of esters is 1. The van der Waals surface area contributed by atoms with Crippen LogP contribution < -0.4 is 10.6 Å². The Morgan fingerprint density at radius 2 is 1.88 bits per heavy atom. The first kappa shape index (κ1) is 22.5. The number of unbranched alkanes of at least 4 members (excludes halogenated alkanes) is 1. The number of benzene rings is 2. The Balaban J connectivity index is 1.39. The molecular formula is C24H23ClN4O4. The first-order chi connectivity index (χ1) is 16.0. The van der Waals surface area contributed by atoms with Gasteiger partial charge in [-0.3, -0.25) is 9.59 Å². The minimum Gasteiger partial charge on any atom is -0.462 e. The fourth-order valence-corrected chi connectivity index (χ4v) is 3.65. The van der Waals surface area contributed by atoms with Gasteiger partial charge in [-0.2, -0.15) is 5.10 Å². The smallest absolute Gasteiger partial charge is 0.338 e. The summed E-state index contributed by atoms with van der Waals surface area (Å²) >= 11 is 5.95. The number of nitrogens with one attached hydrogen (secondary N) is 2. The van der Waals surface area contributed by atoms with Crippen LogP contribution in [0.4, 0.5) is 11.5 Å². The summed E-state index contributed by atoms with van der Waals surface area (Å²) in [6.45, 7) is 2.40. The number of fused-ring (bicyclic) bond motifs is 1. The van der Waals surface area contributed by atoms with Gasteiger partial charge < -0.3 is 15.4 Å². The lowest BCUT2D eigenvalue weighted by molar-refractivity contribution is -0.123. The van der Waals surface area contributed by atoms with E-state index >= 15 is 0 Å². The maximum Gasteiger partial charge on any atom is 0.338 e. The van der Waals surface area contributed by atoms with E-state index in [1.165, 1.54) is 4.68 Å². The van der Waals surface area contributed by atoms with E-state index in [0.717, 1.165) is 24.0 Å². The number of anilines is 2. The fourth-order valence-electron chi connectivity index (χ4n) is 3.52. The number of nitrogens with zero attached hydrogens (tertiary/aromatic N) is 2. The van der Waals surface area contributed by atoms with Gasteiger partial charge >= 0.3 is 5.97 Å². The molecule has 2 heterocycles. The summed E-state index contributed by atoms with van der Waals surface area (Å²) in [6.07, 6.45) is 3.33. The summed E-state index contributed by atoms with van der Waals surface area (Å²) in [7, 11) is 0. The maximum atomic E-state index is 12.6. The van der Waals surface area contributed by atoms with Gasteiger partial charge in [-0.05, 0) is 48.4 Å². The summed E-state index contributed by atoms with van der Waals surface area (Å²) in [4.78, 5) is 37.1. The van der Waals surface area contributed by atoms with Gasteiger partial charge in [0.2, 0.25) is 5.91 Å². The number of rotatable bonds is 8. The van der Waals surface area contributed by atoms with E-state index in [0.29, 0.717) is 28.7 Å². The Bertz CT molecular complexity index is 1170. The highest BCUT2D eigenvalue weighted by Crippen LogP contribution is 2.36. The van der Waals surface area contributed by atoms with Crippen LogP contribution in [0.2, 0.25) is 5.02 Å². The van der Waals surface area contributed by atoms with E-state index in [4.69, 9.17) is 16.3 Å². The van der Waals surface area contributed by atoms with Gasteiger partial charge in [0.15, 0.2) is 0 Å².